The van der Waals surface area contributed by atoms with Crippen LogP contribution in [-0.4, -0.2) is 21.9 Å². The van der Waals surface area contributed by atoms with Crippen molar-refractivity contribution in [1.82, 2.24) is 10.1 Å². The van der Waals surface area contributed by atoms with Gasteiger partial charge in [-0.05, 0) is 30.4 Å². The number of hydrogen-bond donors (Lipinski definition) is 2. The molecule has 1 aliphatic rings. The van der Waals surface area contributed by atoms with Crippen LogP contribution in [0.15, 0.2) is 28.8 Å². The molecule has 0 fully saturated rings. The Labute approximate surface area is 111 Å². The van der Waals surface area contributed by atoms with Crippen LogP contribution in [0.25, 0.3) is 0 Å². The van der Waals surface area contributed by atoms with Crippen molar-refractivity contribution in [2.24, 2.45) is 5.73 Å². The lowest BCUT2D eigenvalue weighted by Crippen LogP contribution is -2.16. The minimum absolute atomic E-state index is 0.185. The van der Waals surface area contributed by atoms with Gasteiger partial charge in [0.25, 0.3) is 0 Å². The number of nitrogens with two attached hydrogens (primary N) is 1. The molecule has 100 valence electrons. The van der Waals surface area contributed by atoms with Crippen molar-refractivity contribution in [1.29, 1.82) is 0 Å². The number of aliphatic hydroxyl groups excluding tert-OH is 1. The Hall–Kier alpha value is -1.72. The number of hydrogen-bond acceptors (Lipinski definition) is 5. The average Bonchev–Trinajstić information content (AvgIpc) is 2.95. The van der Waals surface area contributed by atoms with Crippen LogP contribution < -0.4 is 5.73 Å². The molecular formula is C14H17N3O2. The van der Waals surface area contributed by atoms with Gasteiger partial charge >= 0.3 is 0 Å². The maximum absolute atomic E-state index is 8.99. The van der Waals surface area contributed by atoms with Crippen molar-refractivity contribution in [3.05, 3.63) is 47.1 Å². The van der Waals surface area contributed by atoms with Gasteiger partial charge in [0.1, 0.15) is 6.04 Å². The van der Waals surface area contributed by atoms with Crippen molar-refractivity contribution in [3.8, 4) is 0 Å². The number of nitrogens with zero attached hydrogens (tertiary/aromatic N) is 2. The first-order valence-electron chi connectivity index (χ1n) is 6.54. The van der Waals surface area contributed by atoms with Crippen LogP contribution in [0, 0.1) is 0 Å². The van der Waals surface area contributed by atoms with E-state index in [1.807, 2.05) is 0 Å². The molecule has 3 rings (SSSR count). The van der Waals surface area contributed by atoms with E-state index in [0.29, 0.717) is 11.7 Å². The van der Waals surface area contributed by atoms with E-state index in [4.69, 9.17) is 15.4 Å². The van der Waals surface area contributed by atoms with Gasteiger partial charge in [-0.3, -0.25) is 0 Å². The molecule has 1 aromatic heterocycles. The van der Waals surface area contributed by atoms with Crippen LogP contribution in [0.5, 0.6) is 0 Å². The topological polar surface area (TPSA) is 85.2 Å². The fourth-order valence-electron chi connectivity index (χ4n) is 2.56. The first-order chi connectivity index (χ1) is 9.28. The van der Waals surface area contributed by atoms with E-state index in [1.54, 1.807) is 0 Å². The van der Waals surface area contributed by atoms with Crippen LogP contribution in [0.2, 0.25) is 0 Å². The molecule has 0 spiro atoms. The molecule has 0 radical (unpaired) electrons. The quantitative estimate of drug-likeness (QED) is 0.868. The predicted molar refractivity (Wildman–Crippen MR) is 69.5 cm³/mol. The highest BCUT2D eigenvalue weighted by Crippen LogP contribution is 2.31. The molecule has 1 unspecified atom stereocenters. The number of fused-ring (bicyclic) bond motifs is 1. The summed E-state index contributed by atoms with van der Waals surface area (Å²) in [5.74, 6) is 1.29. The van der Waals surface area contributed by atoms with Gasteiger partial charge in [0.05, 0.1) is 6.61 Å². The van der Waals surface area contributed by atoms with Crippen LogP contribution in [0.1, 0.15) is 41.2 Å². The van der Waals surface area contributed by atoms with Crippen LogP contribution in [0.4, 0.5) is 0 Å². The standard InChI is InChI=1S/C14H17N3O2/c15-12(8-18)14-16-13(17-19-14)11-6-5-9-3-1-2-4-10(9)7-11/h1-4,11-12,18H,5-8,15H2/t11?,12-/m1/s1. The van der Waals surface area contributed by atoms with Gasteiger partial charge in [-0.25, -0.2) is 0 Å². The molecule has 1 aromatic carbocycles. The third-order valence-electron chi connectivity index (χ3n) is 3.68. The summed E-state index contributed by atoms with van der Waals surface area (Å²) < 4.78 is 5.11. The van der Waals surface area contributed by atoms with Gasteiger partial charge in [0, 0.05) is 5.92 Å². The second-order valence-corrected chi connectivity index (χ2v) is 4.99. The van der Waals surface area contributed by atoms with E-state index in [0.717, 1.165) is 19.3 Å². The summed E-state index contributed by atoms with van der Waals surface area (Å²) in [6.07, 6.45) is 2.99. The van der Waals surface area contributed by atoms with E-state index in [1.165, 1.54) is 11.1 Å². The Kier molecular flexibility index (Phi) is 3.31. The SMILES string of the molecule is N[C@H](CO)c1nc(C2CCc3ccccc3C2)no1. The number of rotatable bonds is 3. The summed E-state index contributed by atoms with van der Waals surface area (Å²) in [5, 5.41) is 13.0. The predicted octanol–water partition coefficient (Wildman–Crippen LogP) is 1.33. The molecule has 0 aliphatic heterocycles. The Morgan fingerprint density at radius 3 is 2.95 bits per heavy atom. The third kappa shape index (κ3) is 2.39. The van der Waals surface area contributed by atoms with E-state index >= 15 is 0 Å². The monoisotopic (exact) mass is 259 g/mol. The second kappa shape index (κ2) is 5.11. The van der Waals surface area contributed by atoms with Gasteiger partial charge in [0.15, 0.2) is 5.82 Å². The summed E-state index contributed by atoms with van der Waals surface area (Å²) in [7, 11) is 0. The first-order valence-corrected chi connectivity index (χ1v) is 6.54. The number of aliphatic hydroxyl groups is 1. The van der Waals surface area contributed by atoms with Crippen molar-refractivity contribution in [2.45, 2.75) is 31.2 Å². The third-order valence-corrected chi connectivity index (χ3v) is 3.68. The summed E-state index contributed by atoms with van der Waals surface area (Å²) in [5.41, 5.74) is 8.44. The molecule has 2 atom stereocenters. The van der Waals surface area contributed by atoms with Gasteiger partial charge in [-0.15, -0.1) is 0 Å². The Bertz CT molecular complexity index is 567. The van der Waals surface area contributed by atoms with Crippen molar-refractivity contribution < 1.29 is 9.63 Å². The molecule has 19 heavy (non-hydrogen) atoms. The van der Waals surface area contributed by atoms with E-state index in [-0.39, 0.29) is 12.5 Å². The molecule has 5 heteroatoms. The lowest BCUT2D eigenvalue weighted by molar-refractivity contribution is 0.236. The molecule has 5 nitrogen and oxygen atoms in total. The zero-order valence-electron chi connectivity index (χ0n) is 10.6. The highest BCUT2D eigenvalue weighted by Gasteiger charge is 2.25. The van der Waals surface area contributed by atoms with Gasteiger partial charge in [-0.1, -0.05) is 29.4 Å². The molecule has 2 aromatic rings. The second-order valence-electron chi connectivity index (χ2n) is 4.99. The molecule has 1 aliphatic carbocycles. The van der Waals surface area contributed by atoms with Gasteiger partial charge in [-0.2, -0.15) is 4.98 Å². The molecule has 0 amide bonds. The normalized spacial score (nSPS) is 20.0. The maximum atomic E-state index is 8.99. The van der Waals surface area contributed by atoms with E-state index < -0.39 is 6.04 Å². The minimum atomic E-state index is -0.586. The van der Waals surface area contributed by atoms with Crippen LogP contribution in [0.3, 0.4) is 0 Å². The fourth-order valence-corrected chi connectivity index (χ4v) is 2.56. The largest absolute Gasteiger partial charge is 0.394 e. The summed E-state index contributed by atoms with van der Waals surface area (Å²) in [6.45, 7) is -0.185. The lowest BCUT2D eigenvalue weighted by Gasteiger charge is -2.21. The van der Waals surface area contributed by atoms with E-state index in [9.17, 15) is 0 Å². The van der Waals surface area contributed by atoms with Crippen molar-refractivity contribution in [3.63, 3.8) is 0 Å². The summed E-state index contributed by atoms with van der Waals surface area (Å²) in [4.78, 5) is 4.31. The lowest BCUT2D eigenvalue weighted by atomic mass is 9.83. The molecule has 0 saturated carbocycles. The molecule has 1 heterocycles. The van der Waals surface area contributed by atoms with Crippen molar-refractivity contribution >= 4 is 0 Å². The summed E-state index contributed by atoms with van der Waals surface area (Å²) in [6, 6.07) is 7.88. The highest BCUT2D eigenvalue weighted by atomic mass is 16.5. The Morgan fingerprint density at radius 1 is 1.37 bits per heavy atom. The van der Waals surface area contributed by atoms with Crippen LogP contribution >= 0.6 is 0 Å². The van der Waals surface area contributed by atoms with Gasteiger partial charge in [0.2, 0.25) is 5.89 Å². The Morgan fingerprint density at radius 2 is 2.16 bits per heavy atom. The first kappa shape index (κ1) is 12.3. The molecular weight excluding hydrogens is 242 g/mol. The maximum Gasteiger partial charge on any atom is 0.245 e. The molecule has 0 saturated heterocycles. The zero-order chi connectivity index (χ0) is 13.2. The smallest absolute Gasteiger partial charge is 0.245 e. The molecule has 3 N–H and O–H groups in total. The minimum Gasteiger partial charge on any atom is -0.394 e. The van der Waals surface area contributed by atoms with E-state index in [2.05, 4.69) is 34.4 Å². The summed E-state index contributed by atoms with van der Waals surface area (Å²) >= 11 is 0. The zero-order valence-corrected chi connectivity index (χ0v) is 10.6. The van der Waals surface area contributed by atoms with Crippen LogP contribution in [-0.2, 0) is 12.8 Å². The van der Waals surface area contributed by atoms with Gasteiger partial charge < -0.3 is 15.4 Å². The fraction of sp³-hybridized carbons (Fsp3) is 0.429. The number of aryl methyl sites for hydroxylation is 1. The number of aromatic nitrogens is 2. The van der Waals surface area contributed by atoms with Crippen molar-refractivity contribution in [2.75, 3.05) is 6.61 Å². The average molecular weight is 259 g/mol. The number of benzene rings is 1. The Balaban J connectivity index is 1.79. The highest BCUT2D eigenvalue weighted by molar-refractivity contribution is 5.31. The molecule has 0 bridgehead atoms.